The van der Waals surface area contributed by atoms with Gasteiger partial charge in [0.05, 0.1) is 25.2 Å². The molecule has 0 aliphatic carbocycles. The summed E-state index contributed by atoms with van der Waals surface area (Å²) >= 11 is 0. The normalized spacial score (nSPS) is 18.2. The highest BCUT2D eigenvalue weighted by Gasteiger charge is 2.30. The van der Waals surface area contributed by atoms with E-state index in [9.17, 15) is 5.11 Å². The molecule has 1 aliphatic heterocycles. The average Bonchev–Trinajstić information content (AvgIpc) is 2.92. The lowest BCUT2D eigenvalue weighted by atomic mass is 9.91. The topological polar surface area (TPSA) is 38.7 Å². The number of para-hydroxylation sites is 1. The predicted molar refractivity (Wildman–Crippen MR) is 77.2 cm³/mol. The molecule has 3 nitrogen and oxygen atoms in total. The lowest BCUT2D eigenvalue weighted by Crippen LogP contribution is -2.12. The standard InChI is InChI=1S/C17H18O3/c1-2-19-13-9-7-12(8-10-13)17(18)15-11-20-16-6-4-3-5-14(15)16/h3-10,15,17-18H,2,11H2,1H3. The number of aliphatic hydroxyl groups is 1. The number of benzene rings is 2. The zero-order valence-electron chi connectivity index (χ0n) is 11.5. The van der Waals surface area contributed by atoms with Crippen molar-refractivity contribution in [3.63, 3.8) is 0 Å². The lowest BCUT2D eigenvalue weighted by Gasteiger charge is -2.18. The first-order chi connectivity index (χ1) is 9.79. The fourth-order valence-electron chi connectivity index (χ4n) is 2.61. The number of rotatable bonds is 4. The van der Waals surface area contributed by atoms with E-state index in [0.717, 1.165) is 22.6 Å². The van der Waals surface area contributed by atoms with Gasteiger partial charge >= 0.3 is 0 Å². The first-order valence-electron chi connectivity index (χ1n) is 6.92. The Balaban J connectivity index is 1.81. The summed E-state index contributed by atoms with van der Waals surface area (Å²) in [5, 5.41) is 10.6. The first kappa shape index (κ1) is 13.0. The molecule has 3 rings (SSSR count). The molecule has 0 amide bonds. The van der Waals surface area contributed by atoms with E-state index < -0.39 is 6.10 Å². The van der Waals surface area contributed by atoms with Gasteiger partial charge in [0.15, 0.2) is 0 Å². The summed E-state index contributed by atoms with van der Waals surface area (Å²) in [6.45, 7) is 3.12. The minimum atomic E-state index is -0.561. The second-order valence-corrected chi connectivity index (χ2v) is 4.90. The largest absolute Gasteiger partial charge is 0.494 e. The van der Waals surface area contributed by atoms with Crippen LogP contribution in [0.5, 0.6) is 11.5 Å². The molecule has 2 aromatic rings. The van der Waals surface area contributed by atoms with E-state index in [1.54, 1.807) is 0 Å². The zero-order valence-corrected chi connectivity index (χ0v) is 11.5. The molecule has 0 saturated carbocycles. The van der Waals surface area contributed by atoms with Gasteiger partial charge in [-0.25, -0.2) is 0 Å². The summed E-state index contributed by atoms with van der Waals surface area (Å²) in [7, 11) is 0. The van der Waals surface area contributed by atoms with Crippen LogP contribution in [0.2, 0.25) is 0 Å². The molecule has 1 N–H and O–H groups in total. The molecule has 1 aliphatic rings. The average molecular weight is 270 g/mol. The highest BCUT2D eigenvalue weighted by molar-refractivity contribution is 5.42. The smallest absolute Gasteiger partial charge is 0.123 e. The van der Waals surface area contributed by atoms with E-state index in [4.69, 9.17) is 9.47 Å². The number of hydrogen-bond donors (Lipinski definition) is 1. The first-order valence-corrected chi connectivity index (χ1v) is 6.92. The Bertz CT molecular complexity index is 577. The molecule has 2 aromatic carbocycles. The van der Waals surface area contributed by atoms with Gasteiger partial charge in [0.25, 0.3) is 0 Å². The molecule has 2 unspecified atom stereocenters. The van der Waals surface area contributed by atoms with E-state index in [2.05, 4.69) is 0 Å². The van der Waals surface area contributed by atoms with Crippen molar-refractivity contribution in [2.75, 3.05) is 13.2 Å². The van der Waals surface area contributed by atoms with Gasteiger partial charge in [0.1, 0.15) is 11.5 Å². The Hall–Kier alpha value is -2.00. The zero-order chi connectivity index (χ0) is 13.9. The maximum absolute atomic E-state index is 10.6. The van der Waals surface area contributed by atoms with Crippen molar-refractivity contribution in [1.82, 2.24) is 0 Å². The van der Waals surface area contributed by atoms with E-state index in [-0.39, 0.29) is 5.92 Å². The fraction of sp³-hybridized carbons (Fsp3) is 0.294. The van der Waals surface area contributed by atoms with Crippen molar-refractivity contribution in [3.05, 3.63) is 59.7 Å². The van der Waals surface area contributed by atoms with Crippen LogP contribution < -0.4 is 9.47 Å². The number of aliphatic hydroxyl groups excluding tert-OH is 1. The SMILES string of the molecule is CCOc1ccc(C(O)C2COc3ccccc32)cc1. The van der Waals surface area contributed by atoms with Gasteiger partial charge in [-0.15, -0.1) is 0 Å². The van der Waals surface area contributed by atoms with Gasteiger partial charge in [-0.2, -0.15) is 0 Å². The summed E-state index contributed by atoms with van der Waals surface area (Å²) in [6.07, 6.45) is -0.561. The van der Waals surface area contributed by atoms with Crippen molar-refractivity contribution in [3.8, 4) is 11.5 Å². The van der Waals surface area contributed by atoms with Gasteiger partial charge in [0.2, 0.25) is 0 Å². The molecule has 3 heteroatoms. The fourth-order valence-corrected chi connectivity index (χ4v) is 2.61. The molecule has 20 heavy (non-hydrogen) atoms. The van der Waals surface area contributed by atoms with Crippen molar-refractivity contribution in [2.45, 2.75) is 18.9 Å². The van der Waals surface area contributed by atoms with E-state index in [1.165, 1.54) is 0 Å². The van der Waals surface area contributed by atoms with Crippen molar-refractivity contribution in [1.29, 1.82) is 0 Å². The monoisotopic (exact) mass is 270 g/mol. The molecule has 0 saturated heterocycles. The van der Waals surface area contributed by atoms with Crippen molar-refractivity contribution in [2.24, 2.45) is 0 Å². The van der Waals surface area contributed by atoms with Gasteiger partial charge in [-0.05, 0) is 30.7 Å². The van der Waals surface area contributed by atoms with Gasteiger partial charge in [-0.1, -0.05) is 30.3 Å². The molecule has 0 spiro atoms. The van der Waals surface area contributed by atoms with Crippen LogP contribution in [0.4, 0.5) is 0 Å². The quantitative estimate of drug-likeness (QED) is 0.926. The number of ether oxygens (including phenoxy) is 2. The highest BCUT2D eigenvalue weighted by Crippen LogP contribution is 2.41. The molecule has 2 atom stereocenters. The van der Waals surface area contributed by atoms with Crippen LogP contribution in [-0.2, 0) is 0 Å². The van der Waals surface area contributed by atoms with Gasteiger partial charge in [-0.3, -0.25) is 0 Å². The van der Waals surface area contributed by atoms with Crippen LogP contribution in [0, 0.1) is 0 Å². The lowest BCUT2D eigenvalue weighted by molar-refractivity contribution is 0.130. The Morgan fingerprint density at radius 2 is 1.95 bits per heavy atom. The van der Waals surface area contributed by atoms with E-state index in [1.807, 2.05) is 55.5 Å². The summed E-state index contributed by atoms with van der Waals surface area (Å²) in [4.78, 5) is 0. The molecule has 0 bridgehead atoms. The van der Waals surface area contributed by atoms with Crippen LogP contribution in [0.1, 0.15) is 30.1 Å². The maximum atomic E-state index is 10.6. The molecular weight excluding hydrogens is 252 g/mol. The number of fused-ring (bicyclic) bond motifs is 1. The van der Waals surface area contributed by atoms with Gasteiger partial charge < -0.3 is 14.6 Å². The highest BCUT2D eigenvalue weighted by atomic mass is 16.5. The summed E-state index contributed by atoms with van der Waals surface area (Å²) in [6, 6.07) is 15.5. The molecule has 0 fully saturated rings. The second kappa shape index (κ2) is 5.55. The van der Waals surface area contributed by atoms with Crippen LogP contribution in [0.15, 0.2) is 48.5 Å². The maximum Gasteiger partial charge on any atom is 0.123 e. The van der Waals surface area contributed by atoms with Crippen LogP contribution >= 0.6 is 0 Å². The predicted octanol–water partition coefficient (Wildman–Crippen LogP) is 3.29. The summed E-state index contributed by atoms with van der Waals surface area (Å²) in [5.41, 5.74) is 1.97. The Morgan fingerprint density at radius 3 is 2.70 bits per heavy atom. The van der Waals surface area contributed by atoms with Crippen molar-refractivity contribution >= 4 is 0 Å². The summed E-state index contributed by atoms with van der Waals surface area (Å²) < 4.78 is 11.0. The van der Waals surface area contributed by atoms with E-state index >= 15 is 0 Å². The Kier molecular flexibility index (Phi) is 3.61. The third-order valence-corrected chi connectivity index (χ3v) is 3.65. The minimum absolute atomic E-state index is 0.0101. The molecule has 0 aromatic heterocycles. The molecule has 0 radical (unpaired) electrons. The van der Waals surface area contributed by atoms with Crippen LogP contribution in [-0.4, -0.2) is 18.3 Å². The molecule has 1 heterocycles. The third kappa shape index (κ3) is 2.37. The van der Waals surface area contributed by atoms with Gasteiger partial charge in [0, 0.05) is 5.56 Å². The molecule has 104 valence electrons. The Morgan fingerprint density at radius 1 is 1.20 bits per heavy atom. The third-order valence-electron chi connectivity index (χ3n) is 3.65. The van der Waals surface area contributed by atoms with Crippen LogP contribution in [0.3, 0.4) is 0 Å². The molecular formula is C17H18O3. The van der Waals surface area contributed by atoms with E-state index in [0.29, 0.717) is 13.2 Å². The van der Waals surface area contributed by atoms with Crippen LogP contribution in [0.25, 0.3) is 0 Å². The minimum Gasteiger partial charge on any atom is -0.494 e. The van der Waals surface area contributed by atoms with Crippen molar-refractivity contribution < 1.29 is 14.6 Å². The summed E-state index contributed by atoms with van der Waals surface area (Å²) in [5.74, 6) is 1.69. The Labute approximate surface area is 118 Å². The number of hydrogen-bond acceptors (Lipinski definition) is 3. The second-order valence-electron chi connectivity index (χ2n) is 4.90.